The van der Waals surface area contributed by atoms with E-state index in [0.717, 1.165) is 29.7 Å². The normalized spacial score (nSPS) is 21.4. The van der Waals surface area contributed by atoms with Crippen molar-refractivity contribution in [2.75, 3.05) is 6.54 Å². The second-order valence-corrected chi connectivity index (χ2v) is 10.4. The fraction of sp³-hybridized carbons (Fsp3) is 0.714. The smallest absolute Gasteiger partial charge is 0.250 e. The van der Waals surface area contributed by atoms with Crippen LogP contribution in [0.5, 0.6) is 0 Å². The van der Waals surface area contributed by atoms with Gasteiger partial charge in [-0.2, -0.15) is 0 Å². The number of aryl methyl sites for hydroxylation is 1. The third-order valence-electron chi connectivity index (χ3n) is 4.22. The van der Waals surface area contributed by atoms with Crippen LogP contribution in [0.25, 0.3) is 0 Å². The molecule has 1 fully saturated rings. The zero-order valence-electron chi connectivity index (χ0n) is 12.6. The average Bonchev–Trinajstić information content (AvgIpc) is 2.73. The highest BCUT2D eigenvalue weighted by Crippen LogP contribution is 2.40. The van der Waals surface area contributed by atoms with E-state index in [0.29, 0.717) is 17.2 Å². The van der Waals surface area contributed by atoms with Crippen LogP contribution >= 0.6 is 22.9 Å². The van der Waals surface area contributed by atoms with Crippen molar-refractivity contribution >= 4 is 33.0 Å². The number of halogens is 1. The average molecular weight is 352 g/mol. The number of sulfonamides is 1. The lowest BCUT2D eigenvalue weighted by molar-refractivity contribution is -0.0205. The Morgan fingerprint density at radius 2 is 1.90 bits per heavy atom. The van der Waals surface area contributed by atoms with Crippen LogP contribution in [0.4, 0.5) is 0 Å². The lowest BCUT2D eigenvalue weighted by atomic mass is 9.71. The van der Waals surface area contributed by atoms with E-state index in [9.17, 15) is 13.5 Å². The van der Waals surface area contributed by atoms with Crippen LogP contribution in [0.15, 0.2) is 10.3 Å². The Hall–Kier alpha value is -0.140. The predicted molar refractivity (Wildman–Crippen MR) is 86.5 cm³/mol. The van der Waals surface area contributed by atoms with Crippen molar-refractivity contribution in [3.05, 3.63) is 16.0 Å². The van der Waals surface area contributed by atoms with Gasteiger partial charge in [-0.3, -0.25) is 0 Å². The van der Waals surface area contributed by atoms with E-state index < -0.39 is 15.6 Å². The van der Waals surface area contributed by atoms with E-state index in [2.05, 4.69) is 18.6 Å². The molecule has 120 valence electrons. The summed E-state index contributed by atoms with van der Waals surface area (Å²) in [7, 11) is -3.60. The fourth-order valence-corrected chi connectivity index (χ4v) is 5.31. The number of hydrogen-bond acceptors (Lipinski definition) is 4. The Kier molecular flexibility index (Phi) is 4.77. The summed E-state index contributed by atoms with van der Waals surface area (Å²) >= 11 is 6.96. The Balaban J connectivity index is 2.02. The second kappa shape index (κ2) is 5.81. The van der Waals surface area contributed by atoms with E-state index >= 15 is 0 Å². The lowest BCUT2D eigenvalue weighted by Crippen LogP contribution is -2.46. The number of thiophene rings is 1. The molecule has 1 heterocycles. The minimum Gasteiger partial charge on any atom is -0.389 e. The molecule has 2 N–H and O–H groups in total. The summed E-state index contributed by atoms with van der Waals surface area (Å²) in [5.74, 6) is 0. The molecular weight excluding hydrogens is 330 g/mol. The SMILES string of the molecule is Cc1cc(S(=O)(=O)NCC2(O)CCC(C)(C)CC2)sc1Cl. The van der Waals surface area contributed by atoms with E-state index in [1.807, 2.05) is 0 Å². The summed E-state index contributed by atoms with van der Waals surface area (Å²) in [6.07, 6.45) is 3.03. The maximum absolute atomic E-state index is 12.2. The number of hydrogen-bond donors (Lipinski definition) is 2. The van der Waals surface area contributed by atoms with E-state index in [-0.39, 0.29) is 16.2 Å². The summed E-state index contributed by atoms with van der Waals surface area (Å²) in [5.41, 5.74) is 0.0301. The molecule has 4 nitrogen and oxygen atoms in total. The van der Waals surface area contributed by atoms with Crippen LogP contribution in [-0.4, -0.2) is 25.7 Å². The van der Waals surface area contributed by atoms with Gasteiger partial charge in [0, 0.05) is 6.54 Å². The first kappa shape index (κ1) is 17.2. The zero-order valence-corrected chi connectivity index (χ0v) is 15.0. The van der Waals surface area contributed by atoms with Crippen molar-refractivity contribution in [1.29, 1.82) is 0 Å². The Morgan fingerprint density at radius 1 is 1.33 bits per heavy atom. The molecule has 1 aliphatic carbocycles. The highest BCUT2D eigenvalue weighted by atomic mass is 35.5. The van der Waals surface area contributed by atoms with Gasteiger partial charge < -0.3 is 5.11 Å². The third kappa shape index (κ3) is 4.20. The summed E-state index contributed by atoms with van der Waals surface area (Å²) in [6, 6.07) is 1.56. The van der Waals surface area contributed by atoms with Crippen LogP contribution in [-0.2, 0) is 10.0 Å². The molecule has 1 saturated carbocycles. The third-order valence-corrected chi connectivity index (χ3v) is 7.65. The topological polar surface area (TPSA) is 66.4 Å². The zero-order chi connectivity index (χ0) is 15.9. The van der Waals surface area contributed by atoms with Crippen molar-refractivity contribution in [3.63, 3.8) is 0 Å². The summed E-state index contributed by atoms with van der Waals surface area (Å²) in [6.45, 7) is 6.18. The number of nitrogens with one attached hydrogen (secondary N) is 1. The first-order valence-electron chi connectivity index (χ1n) is 7.01. The van der Waals surface area contributed by atoms with Crippen molar-refractivity contribution < 1.29 is 13.5 Å². The molecule has 0 bridgehead atoms. The first-order chi connectivity index (χ1) is 9.53. The maximum atomic E-state index is 12.2. The molecular formula is C14H22ClNO3S2. The molecule has 1 aliphatic rings. The van der Waals surface area contributed by atoms with Crippen LogP contribution in [0.3, 0.4) is 0 Å². The van der Waals surface area contributed by atoms with Crippen LogP contribution < -0.4 is 4.72 Å². The molecule has 0 radical (unpaired) electrons. The van der Waals surface area contributed by atoms with Crippen LogP contribution in [0.1, 0.15) is 45.1 Å². The monoisotopic (exact) mass is 351 g/mol. The molecule has 0 aromatic carbocycles. The Labute approximate surface area is 135 Å². The lowest BCUT2D eigenvalue weighted by Gasteiger charge is -2.40. The molecule has 0 amide bonds. The first-order valence-corrected chi connectivity index (χ1v) is 9.69. The summed E-state index contributed by atoms with van der Waals surface area (Å²) in [5, 5.41) is 10.5. The van der Waals surface area contributed by atoms with Crippen molar-refractivity contribution in [2.24, 2.45) is 5.41 Å². The standard InChI is InChI=1S/C14H22ClNO3S2/c1-10-8-11(20-12(10)15)21(18,19)16-9-14(17)6-4-13(2,3)5-7-14/h8,16-17H,4-7,9H2,1-3H3. The number of rotatable bonds is 4. The molecule has 2 rings (SSSR count). The van der Waals surface area contributed by atoms with Gasteiger partial charge in [-0.05, 0) is 49.7 Å². The molecule has 0 unspecified atom stereocenters. The minimum atomic E-state index is -3.60. The van der Waals surface area contributed by atoms with Gasteiger partial charge >= 0.3 is 0 Å². The van der Waals surface area contributed by atoms with Gasteiger partial charge in [0.2, 0.25) is 10.0 Å². The van der Waals surface area contributed by atoms with Gasteiger partial charge in [-0.1, -0.05) is 25.4 Å². The molecule has 7 heteroatoms. The van der Waals surface area contributed by atoms with E-state index in [1.165, 1.54) is 0 Å². The predicted octanol–water partition coefficient (Wildman–Crippen LogP) is 3.32. The summed E-state index contributed by atoms with van der Waals surface area (Å²) < 4.78 is 27.7. The van der Waals surface area contributed by atoms with Gasteiger partial charge in [-0.15, -0.1) is 11.3 Å². The van der Waals surface area contributed by atoms with Crippen LogP contribution in [0.2, 0.25) is 4.34 Å². The van der Waals surface area contributed by atoms with Gasteiger partial charge in [0.05, 0.1) is 9.94 Å². The van der Waals surface area contributed by atoms with Gasteiger partial charge in [0.1, 0.15) is 4.21 Å². The highest BCUT2D eigenvalue weighted by molar-refractivity contribution is 7.91. The minimum absolute atomic E-state index is 0.0555. The molecule has 1 aromatic heterocycles. The second-order valence-electron chi connectivity index (χ2n) is 6.74. The summed E-state index contributed by atoms with van der Waals surface area (Å²) in [4.78, 5) is 0. The largest absolute Gasteiger partial charge is 0.389 e. The van der Waals surface area contributed by atoms with Gasteiger partial charge in [0.15, 0.2) is 0 Å². The molecule has 0 aliphatic heterocycles. The molecule has 0 saturated heterocycles. The molecule has 21 heavy (non-hydrogen) atoms. The van der Waals surface area contributed by atoms with E-state index in [4.69, 9.17) is 11.6 Å². The maximum Gasteiger partial charge on any atom is 0.250 e. The molecule has 0 spiro atoms. The molecule has 0 atom stereocenters. The van der Waals surface area contributed by atoms with Crippen molar-refractivity contribution in [3.8, 4) is 0 Å². The Bertz CT molecular complexity index is 593. The Morgan fingerprint density at radius 3 is 2.38 bits per heavy atom. The van der Waals surface area contributed by atoms with E-state index in [1.54, 1.807) is 13.0 Å². The van der Waals surface area contributed by atoms with Crippen molar-refractivity contribution in [1.82, 2.24) is 4.72 Å². The number of aliphatic hydroxyl groups is 1. The van der Waals surface area contributed by atoms with Crippen LogP contribution in [0, 0.1) is 12.3 Å². The quantitative estimate of drug-likeness (QED) is 0.874. The van der Waals surface area contributed by atoms with Gasteiger partial charge in [-0.25, -0.2) is 13.1 Å². The molecule has 1 aromatic rings. The highest BCUT2D eigenvalue weighted by Gasteiger charge is 2.37. The van der Waals surface area contributed by atoms with Gasteiger partial charge in [0.25, 0.3) is 0 Å². The van der Waals surface area contributed by atoms with Crippen molar-refractivity contribution in [2.45, 2.75) is 56.3 Å². The fourth-order valence-electron chi connectivity index (χ4n) is 2.43.